The van der Waals surface area contributed by atoms with Crippen LogP contribution in [0.2, 0.25) is 15.1 Å². The maximum atomic E-state index is 11.5. The van der Waals surface area contributed by atoms with Crippen LogP contribution in [-0.4, -0.2) is 16.2 Å². The topological polar surface area (TPSA) is 44.2 Å². The van der Waals surface area contributed by atoms with Crippen molar-refractivity contribution in [1.82, 2.24) is 4.42 Å². The Kier molecular flexibility index (Phi) is 2.59. The SMILES string of the molecule is N=C1c2c(cc(Cl)c(Cl)c2Cl)C(=O)N1Cl. The lowest BCUT2D eigenvalue weighted by atomic mass is 10.1. The Morgan fingerprint density at radius 3 is 2.40 bits per heavy atom. The number of halogens is 4. The highest BCUT2D eigenvalue weighted by Crippen LogP contribution is 2.39. The molecule has 0 saturated carbocycles. The molecule has 0 aromatic heterocycles. The zero-order valence-corrected chi connectivity index (χ0v) is 9.97. The lowest BCUT2D eigenvalue weighted by Gasteiger charge is -2.04. The van der Waals surface area contributed by atoms with Crippen molar-refractivity contribution in [3.8, 4) is 0 Å². The molecule has 1 aliphatic rings. The molecule has 15 heavy (non-hydrogen) atoms. The highest BCUT2D eigenvalue weighted by Gasteiger charge is 2.35. The fraction of sp³-hybridized carbons (Fsp3) is 0. The van der Waals surface area contributed by atoms with E-state index < -0.39 is 5.91 Å². The Balaban J connectivity index is 2.81. The lowest BCUT2D eigenvalue weighted by Crippen LogP contribution is -2.18. The minimum Gasteiger partial charge on any atom is -0.283 e. The monoisotopic (exact) mass is 282 g/mol. The van der Waals surface area contributed by atoms with Crippen LogP contribution in [0.4, 0.5) is 0 Å². The largest absolute Gasteiger partial charge is 0.283 e. The normalized spacial score (nSPS) is 14.8. The predicted molar refractivity (Wildman–Crippen MR) is 60.3 cm³/mol. The molecule has 1 heterocycles. The summed E-state index contributed by atoms with van der Waals surface area (Å²) in [5.74, 6) is -0.725. The molecule has 78 valence electrons. The average Bonchev–Trinajstić information content (AvgIpc) is 2.40. The number of benzene rings is 1. The highest BCUT2D eigenvalue weighted by atomic mass is 35.5. The minimum atomic E-state index is -0.530. The molecule has 3 nitrogen and oxygen atoms in total. The van der Waals surface area contributed by atoms with Gasteiger partial charge < -0.3 is 0 Å². The van der Waals surface area contributed by atoms with Crippen LogP contribution in [0.1, 0.15) is 15.9 Å². The summed E-state index contributed by atoms with van der Waals surface area (Å²) >= 11 is 23.0. The van der Waals surface area contributed by atoms with Crippen molar-refractivity contribution in [3.63, 3.8) is 0 Å². The summed E-state index contributed by atoms with van der Waals surface area (Å²) in [5, 5.41) is 7.91. The van der Waals surface area contributed by atoms with Gasteiger partial charge in [-0.3, -0.25) is 10.2 Å². The second-order valence-electron chi connectivity index (χ2n) is 2.84. The molecule has 0 bridgehead atoms. The molecule has 0 saturated heterocycles. The van der Waals surface area contributed by atoms with Crippen molar-refractivity contribution in [2.75, 3.05) is 0 Å². The van der Waals surface area contributed by atoms with Crippen LogP contribution in [0.15, 0.2) is 6.07 Å². The van der Waals surface area contributed by atoms with Gasteiger partial charge in [0.05, 0.1) is 26.2 Å². The number of fused-ring (bicyclic) bond motifs is 1. The maximum absolute atomic E-state index is 11.5. The standard InChI is InChI=1S/C8H2Cl4N2O/c9-3-1-2-4(6(11)5(3)10)7(13)14(12)8(2)15/h1,13H. The van der Waals surface area contributed by atoms with Crippen LogP contribution in [0, 0.1) is 5.41 Å². The van der Waals surface area contributed by atoms with Gasteiger partial charge in [0, 0.05) is 11.8 Å². The zero-order valence-electron chi connectivity index (χ0n) is 6.94. The second-order valence-corrected chi connectivity index (χ2v) is 4.34. The summed E-state index contributed by atoms with van der Waals surface area (Å²) in [6.45, 7) is 0. The zero-order chi connectivity index (χ0) is 11.3. The van der Waals surface area contributed by atoms with Gasteiger partial charge in [-0.2, -0.15) is 4.42 Å². The Hall–Kier alpha value is -0.480. The van der Waals surface area contributed by atoms with E-state index >= 15 is 0 Å². The fourth-order valence-corrected chi connectivity index (χ4v) is 2.17. The van der Waals surface area contributed by atoms with E-state index in [9.17, 15) is 4.79 Å². The van der Waals surface area contributed by atoms with Crippen LogP contribution in [-0.2, 0) is 0 Å². The van der Waals surface area contributed by atoms with Crippen molar-refractivity contribution >= 4 is 58.3 Å². The molecule has 0 aliphatic carbocycles. The van der Waals surface area contributed by atoms with Gasteiger partial charge in [0.15, 0.2) is 5.84 Å². The van der Waals surface area contributed by atoms with Gasteiger partial charge in [-0.05, 0) is 6.07 Å². The molecule has 1 amide bonds. The predicted octanol–water partition coefficient (Wildman–Crippen LogP) is 3.58. The number of amidine groups is 1. The van der Waals surface area contributed by atoms with Gasteiger partial charge in [-0.15, -0.1) is 0 Å². The number of nitrogens with one attached hydrogen (secondary N) is 1. The van der Waals surface area contributed by atoms with E-state index in [1.54, 1.807) is 0 Å². The van der Waals surface area contributed by atoms with Crippen molar-refractivity contribution < 1.29 is 4.79 Å². The highest BCUT2D eigenvalue weighted by molar-refractivity contribution is 6.52. The van der Waals surface area contributed by atoms with E-state index in [0.717, 1.165) is 0 Å². The second kappa shape index (κ2) is 3.52. The molecule has 1 aromatic rings. The summed E-state index contributed by atoms with van der Waals surface area (Å²) in [7, 11) is 0. The third kappa shape index (κ3) is 1.42. The summed E-state index contributed by atoms with van der Waals surface area (Å²) < 4.78 is 0.670. The van der Waals surface area contributed by atoms with E-state index in [0.29, 0.717) is 4.42 Å². The average molecular weight is 284 g/mol. The molecule has 0 spiro atoms. The Bertz CT molecular complexity index is 500. The van der Waals surface area contributed by atoms with Crippen LogP contribution < -0.4 is 0 Å². The molecule has 0 unspecified atom stereocenters. The van der Waals surface area contributed by atoms with Gasteiger partial charge >= 0.3 is 0 Å². The van der Waals surface area contributed by atoms with Crippen molar-refractivity contribution in [1.29, 1.82) is 5.41 Å². The number of amides is 1. The first-order valence-corrected chi connectivity index (χ1v) is 5.19. The first kappa shape index (κ1) is 11.0. The van der Waals surface area contributed by atoms with Crippen molar-refractivity contribution in [3.05, 3.63) is 32.3 Å². The number of hydrogen-bond acceptors (Lipinski definition) is 2. The molecular formula is C8H2Cl4N2O. The third-order valence-corrected chi connectivity index (χ3v) is 3.59. The smallest absolute Gasteiger partial charge is 0.275 e. The minimum absolute atomic E-state index is 0.0701. The molecule has 2 rings (SSSR count). The number of hydrogen-bond donors (Lipinski definition) is 1. The van der Waals surface area contributed by atoms with Gasteiger partial charge in [-0.25, -0.2) is 0 Å². The van der Waals surface area contributed by atoms with Crippen LogP contribution in [0.25, 0.3) is 0 Å². The van der Waals surface area contributed by atoms with Crippen LogP contribution in [0.5, 0.6) is 0 Å². The summed E-state index contributed by atoms with van der Waals surface area (Å²) in [4.78, 5) is 11.5. The number of nitrogens with zero attached hydrogens (tertiary/aromatic N) is 1. The molecular weight excluding hydrogens is 282 g/mol. The summed E-state index contributed by atoms with van der Waals surface area (Å²) in [6, 6.07) is 1.35. The Morgan fingerprint density at radius 1 is 1.20 bits per heavy atom. The molecule has 1 aromatic carbocycles. The summed E-state index contributed by atoms with van der Waals surface area (Å²) in [5.41, 5.74) is 0.403. The molecule has 0 fully saturated rings. The number of carbonyl (C=O) groups is 1. The quantitative estimate of drug-likeness (QED) is 0.574. The lowest BCUT2D eigenvalue weighted by molar-refractivity contribution is 0.0923. The van der Waals surface area contributed by atoms with E-state index in [1.807, 2.05) is 0 Å². The van der Waals surface area contributed by atoms with Gasteiger partial charge in [0.2, 0.25) is 0 Å². The Morgan fingerprint density at radius 2 is 1.80 bits per heavy atom. The van der Waals surface area contributed by atoms with E-state index in [2.05, 4.69) is 0 Å². The first-order valence-electron chi connectivity index (χ1n) is 3.71. The van der Waals surface area contributed by atoms with Gasteiger partial charge in [0.25, 0.3) is 5.91 Å². The first-order chi connectivity index (χ1) is 6.95. The molecule has 1 N–H and O–H groups in total. The van der Waals surface area contributed by atoms with Crippen molar-refractivity contribution in [2.24, 2.45) is 0 Å². The molecule has 0 atom stereocenters. The number of carbonyl (C=O) groups excluding carboxylic acids is 1. The van der Waals surface area contributed by atoms with Crippen LogP contribution in [0.3, 0.4) is 0 Å². The van der Waals surface area contributed by atoms with Crippen molar-refractivity contribution in [2.45, 2.75) is 0 Å². The summed E-state index contributed by atoms with van der Waals surface area (Å²) in [6.07, 6.45) is 0. The molecule has 0 radical (unpaired) electrons. The molecule has 7 heteroatoms. The number of rotatable bonds is 0. The van der Waals surface area contributed by atoms with E-state index in [1.165, 1.54) is 6.07 Å². The maximum Gasteiger partial charge on any atom is 0.275 e. The van der Waals surface area contributed by atoms with Gasteiger partial charge in [-0.1, -0.05) is 34.8 Å². The Labute approximate surface area is 105 Å². The van der Waals surface area contributed by atoms with E-state index in [-0.39, 0.29) is 32.0 Å². The van der Waals surface area contributed by atoms with E-state index in [4.69, 9.17) is 52.0 Å². The van der Waals surface area contributed by atoms with Gasteiger partial charge in [0.1, 0.15) is 0 Å². The fourth-order valence-electron chi connectivity index (χ4n) is 1.30. The third-order valence-electron chi connectivity index (χ3n) is 2.00. The van der Waals surface area contributed by atoms with Crippen LogP contribution >= 0.6 is 46.6 Å². The molecule has 1 aliphatic heterocycles.